The first-order valence-electron chi connectivity index (χ1n) is 7.53. The maximum atomic E-state index is 12.5. The van der Waals surface area contributed by atoms with E-state index in [4.69, 9.17) is 4.74 Å². The molecule has 0 spiro atoms. The number of hydrogen-bond acceptors (Lipinski definition) is 4. The van der Waals surface area contributed by atoms with E-state index in [2.05, 4.69) is 6.92 Å². The highest BCUT2D eigenvalue weighted by atomic mass is 32.2. The second-order valence-electron chi connectivity index (χ2n) is 5.71. The molecule has 0 bridgehead atoms. The second kappa shape index (κ2) is 7.63. The molecule has 22 heavy (non-hydrogen) atoms. The molecule has 0 saturated carbocycles. The number of carbonyl (C=O) groups excluding carboxylic acids is 1. The van der Waals surface area contributed by atoms with Crippen LogP contribution in [0.3, 0.4) is 0 Å². The van der Waals surface area contributed by atoms with Crippen LogP contribution in [0.1, 0.15) is 46.6 Å². The summed E-state index contributed by atoms with van der Waals surface area (Å²) in [6, 6.07) is 6.97. The molecule has 0 N–H and O–H groups in total. The second-order valence-corrected chi connectivity index (χ2v) is 8.04. The largest absolute Gasteiger partial charge is 0.446 e. The minimum atomic E-state index is -3.80. The summed E-state index contributed by atoms with van der Waals surface area (Å²) >= 11 is 0. The van der Waals surface area contributed by atoms with Gasteiger partial charge >= 0.3 is 6.09 Å². The van der Waals surface area contributed by atoms with E-state index < -0.39 is 27.5 Å². The Morgan fingerprint density at radius 3 is 2.09 bits per heavy atom. The van der Waals surface area contributed by atoms with E-state index in [-0.39, 0.29) is 0 Å². The van der Waals surface area contributed by atoms with Gasteiger partial charge in [0.05, 0.1) is 17.0 Å². The predicted molar refractivity (Wildman–Crippen MR) is 88.6 cm³/mol. The zero-order valence-electron chi connectivity index (χ0n) is 13.9. The first-order valence-corrected chi connectivity index (χ1v) is 9.04. The molecule has 0 radical (unpaired) electrons. The van der Waals surface area contributed by atoms with Gasteiger partial charge in [-0.1, -0.05) is 25.5 Å². The van der Waals surface area contributed by atoms with Crippen molar-refractivity contribution in [3.05, 3.63) is 29.8 Å². The van der Waals surface area contributed by atoms with E-state index in [1.165, 1.54) is 13.8 Å². The Kier molecular flexibility index (Phi) is 6.41. The molecule has 1 rings (SSSR count). The Morgan fingerprint density at radius 1 is 1.14 bits per heavy atom. The molecular formula is C16H25NO4S. The van der Waals surface area contributed by atoms with Crippen molar-refractivity contribution >= 4 is 21.8 Å². The van der Waals surface area contributed by atoms with Crippen LogP contribution >= 0.6 is 0 Å². The smallest absolute Gasteiger partial charge is 0.428 e. The highest BCUT2D eigenvalue weighted by molar-refractivity contribution is 7.94. The lowest BCUT2D eigenvalue weighted by Crippen LogP contribution is -2.42. The highest BCUT2D eigenvalue weighted by Gasteiger charge is 2.33. The van der Waals surface area contributed by atoms with Crippen LogP contribution in [0.4, 0.5) is 10.5 Å². The number of hydrogen-bond donors (Lipinski definition) is 0. The van der Waals surface area contributed by atoms with Crippen molar-refractivity contribution in [1.82, 2.24) is 0 Å². The fraction of sp³-hybridized carbons (Fsp3) is 0.562. The molecule has 0 unspecified atom stereocenters. The number of benzene rings is 1. The highest BCUT2D eigenvalue weighted by Crippen LogP contribution is 2.23. The summed E-state index contributed by atoms with van der Waals surface area (Å²) in [6.07, 6.45) is 0.653. The lowest BCUT2D eigenvalue weighted by molar-refractivity contribution is 0.126. The summed E-state index contributed by atoms with van der Waals surface area (Å²) in [5.74, 6) is 0. The van der Waals surface area contributed by atoms with E-state index in [0.717, 1.165) is 22.7 Å². The molecule has 0 aliphatic carbocycles. The molecule has 0 aliphatic heterocycles. The van der Waals surface area contributed by atoms with Crippen molar-refractivity contribution in [2.24, 2.45) is 0 Å². The first-order chi connectivity index (χ1) is 10.2. The van der Waals surface area contributed by atoms with Gasteiger partial charge in [0.15, 0.2) is 0 Å². The van der Waals surface area contributed by atoms with E-state index >= 15 is 0 Å². The van der Waals surface area contributed by atoms with Crippen LogP contribution < -0.4 is 4.31 Å². The van der Waals surface area contributed by atoms with Gasteiger partial charge in [-0.05, 0) is 51.8 Å². The summed E-state index contributed by atoms with van der Waals surface area (Å²) in [5, 5.41) is -0.720. The van der Waals surface area contributed by atoms with Gasteiger partial charge in [-0.15, -0.1) is 0 Å². The number of aryl methyl sites for hydroxylation is 1. The van der Waals surface area contributed by atoms with Crippen LogP contribution in [0.15, 0.2) is 24.3 Å². The molecule has 1 aromatic carbocycles. The van der Waals surface area contributed by atoms with Crippen LogP contribution in [0, 0.1) is 0 Å². The third kappa shape index (κ3) is 4.47. The quantitative estimate of drug-likeness (QED) is 0.798. The average molecular weight is 327 g/mol. The maximum Gasteiger partial charge on any atom is 0.428 e. The average Bonchev–Trinajstić information content (AvgIpc) is 2.40. The van der Waals surface area contributed by atoms with Gasteiger partial charge in [-0.25, -0.2) is 13.2 Å². The van der Waals surface area contributed by atoms with Gasteiger partial charge in [0.1, 0.15) is 0 Å². The Morgan fingerprint density at radius 2 is 1.68 bits per heavy atom. The van der Waals surface area contributed by atoms with Crippen molar-refractivity contribution in [2.75, 3.05) is 4.31 Å². The summed E-state index contributed by atoms with van der Waals surface area (Å²) in [7, 11) is -3.80. The SMILES string of the molecule is CCCc1ccc(N(C(=O)OC(C)C)S(=O)(=O)C(C)C)cc1. The Hall–Kier alpha value is -1.56. The maximum absolute atomic E-state index is 12.5. The monoisotopic (exact) mass is 327 g/mol. The Balaban J connectivity index is 3.23. The lowest BCUT2D eigenvalue weighted by atomic mass is 10.1. The number of anilines is 1. The number of carbonyl (C=O) groups is 1. The zero-order chi connectivity index (χ0) is 16.9. The topological polar surface area (TPSA) is 63.7 Å². The third-order valence-corrected chi connectivity index (χ3v) is 5.12. The van der Waals surface area contributed by atoms with Crippen molar-refractivity contribution in [3.8, 4) is 0 Å². The number of ether oxygens (including phenoxy) is 1. The van der Waals surface area contributed by atoms with Crippen molar-refractivity contribution in [3.63, 3.8) is 0 Å². The molecule has 0 atom stereocenters. The van der Waals surface area contributed by atoms with E-state index in [0.29, 0.717) is 5.69 Å². The van der Waals surface area contributed by atoms with Crippen LogP contribution in [0.25, 0.3) is 0 Å². The van der Waals surface area contributed by atoms with Gasteiger partial charge in [-0.2, -0.15) is 4.31 Å². The van der Waals surface area contributed by atoms with Crippen LogP contribution in [0.2, 0.25) is 0 Å². The number of rotatable bonds is 6. The number of amides is 1. The fourth-order valence-corrected chi connectivity index (χ4v) is 2.99. The van der Waals surface area contributed by atoms with Crippen LogP contribution in [0.5, 0.6) is 0 Å². The molecule has 0 aliphatic rings. The van der Waals surface area contributed by atoms with Crippen molar-refractivity contribution < 1.29 is 17.9 Å². The standard InChI is InChI=1S/C16H25NO4S/c1-6-7-14-8-10-15(11-9-14)17(16(18)21-12(2)3)22(19,20)13(4)5/h8-13H,6-7H2,1-5H3. The van der Waals surface area contributed by atoms with E-state index in [9.17, 15) is 13.2 Å². The van der Waals surface area contributed by atoms with Gasteiger partial charge in [0.2, 0.25) is 10.0 Å². The lowest BCUT2D eigenvalue weighted by Gasteiger charge is -2.25. The molecule has 0 saturated heterocycles. The molecule has 124 valence electrons. The number of sulfonamides is 1. The van der Waals surface area contributed by atoms with Gasteiger partial charge in [0, 0.05) is 0 Å². The summed E-state index contributed by atoms with van der Waals surface area (Å²) in [4.78, 5) is 12.2. The molecule has 5 nitrogen and oxygen atoms in total. The summed E-state index contributed by atoms with van der Waals surface area (Å²) in [5.41, 5.74) is 1.41. The number of nitrogens with zero attached hydrogens (tertiary/aromatic N) is 1. The fourth-order valence-electron chi connectivity index (χ4n) is 1.90. The minimum Gasteiger partial charge on any atom is -0.446 e. The summed E-state index contributed by atoms with van der Waals surface area (Å²) < 4.78 is 30.8. The molecule has 1 aromatic rings. The minimum absolute atomic E-state index is 0.305. The van der Waals surface area contributed by atoms with E-state index in [1.807, 2.05) is 12.1 Å². The van der Waals surface area contributed by atoms with Gasteiger partial charge in [-0.3, -0.25) is 0 Å². The normalized spacial score (nSPS) is 11.8. The molecule has 0 aromatic heterocycles. The molecule has 0 fully saturated rings. The van der Waals surface area contributed by atoms with Gasteiger partial charge < -0.3 is 4.74 Å². The first kappa shape index (κ1) is 18.5. The van der Waals surface area contributed by atoms with E-state index in [1.54, 1.807) is 26.0 Å². The third-order valence-electron chi connectivity index (χ3n) is 3.06. The zero-order valence-corrected chi connectivity index (χ0v) is 14.7. The molecule has 0 heterocycles. The van der Waals surface area contributed by atoms with Crippen molar-refractivity contribution in [2.45, 2.75) is 58.8 Å². The predicted octanol–water partition coefficient (Wildman–Crippen LogP) is 3.73. The van der Waals surface area contributed by atoms with Crippen LogP contribution in [-0.4, -0.2) is 25.9 Å². The molecular weight excluding hydrogens is 302 g/mol. The molecule has 1 amide bonds. The Labute approximate surface area is 133 Å². The summed E-state index contributed by atoms with van der Waals surface area (Å²) in [6.45, 7) is 8.52. The molecule has 6 heteroatoms. The van der Waals surface area contributed by atoms with Crippen LogP contribution in [-0.2, 0) is 21.2 Å². The van der Waals surface area contributed by atoms with Gasteiger partial charge in [0.25, 0.3) is 0 Å². The Bertz CT molecular complexity index is 591. The van der Waals surface area contributed by atoms with Crippen molar-refractivity contribution in [1.29, 1.82) is 0 Å².